The minimum absolute atomic E-state index is 0.0741. The quantitative estimate of drug-likeness (QED) is 0.766. The third kappa shape index (κ3) is 2.99. The lowest BCUT2D eigenvalue weighted by atomic mass is 10.0. The van der Waals surface area contributed by atoms with Crippen LogP contribution in [0.2, 0.25) is 0 Å². The van der Waals surface area contributed by atoms with Crippen LogP contribution in [0.5, 0.6) is 0 Å². The molecule has 0 unspecified atom stereocenters. The lowest BCUT2D eigenvalue weighted by Gasteiger charge is -2.13. The van der Waals surface area contributed by atoms with Gasteiger partial charge in [0.1, 0.15) is 0 Å². The molecular weight excluding hydrogens is 200 g/mol. The van der Waals surface area contributed by atoms with Crippen LogP contribution in [-0.2, 0) is 11.2 Å². The first-order valence-corrected chi connectivity index (χ1v) is 5.77. The molecule has 0 saturated carbocycles. The number of amides is 1. The second-order valence-electron chi connectivity index (χ2n) is 4.02. The topological polar surface area (TPSA) is 55.1 Å². The zero-order chi connectivity index (χ0) is 12.1. The van der Waals surface area contributed by atoms with Gasteiger partial charge in [-0.1, -0.05) is 13.8 Å². The summed E-state index contributed by atoms with van der Waals surface area (Å²) < 4.78 is 0. The molecule has 0 atom stereocenters. The highest BCUT2D eigenvalue weighted by atomic mass is 16.1. The zero-order valence-electron chi connectivity index (χ0n) is 10.3. The highest BCUT2D eigenvalue weighted by Gasteiger charge is 2.08. The number of carbonyl (C=O) groups excluding carboxylic acids is 1. The lowest BCUT2D eigenvalue weighted by Crippen LogP contribution is -2.13. The predicted octanol–water partition coefficient (Wildman–Crippen LogP) is 2.88. The van der Waals surface area contributed by atoms with Gasteiger partial charge in [0.15, 0.2) is 0 Å². The van der Waals surface area contributed by atoms with Gasteiger partial charge in [0.25, 0.3) is 0 Å². The van der Waals surface area contributed by atoms with E-state index in [1.807, 2.05) is 26.0 Å². The minimum Gasteiger partial charge on any atom is -0.399 e. The van der Waals surface area contributed by atoms with Gasteiger partial charge in [-0.3, -0.25) is 4.79 Å². The van der Waals surface area contributed by atoms with Gasteiger partial charge in [0, 0.05) is 17.8 Å². The summed E-state index contributed by atoms with van der Waals surface area (Å²) in [7, 11) is 0. The van der Waals surface area contributed by atoms with E-state index < -0.39 is 0 Å². The molecule has 0 aliphatic carbocycles. The number of aryl methyl sites for hydroxylation is 2. The number of anilines is 2. The molecule has 0 spiro atoms. The van der Waals surface area contributed by atoms with Crippen molar-refractivity contribution in [2.45, 2.75) is 40.0 Å². The largest absolute Gasteiger partial charge is 0.399 e. The Labute approximate surface area is 97.0 Å². The average molecular weight is 220 g/mol. The molecule has 1 amide bonds. The smallest absolute Gasteiger partial charge is 0.224 e. The Kier molecular flexibility index (Phi) is 4.35. The number of carbonyl (C=O) groups is 1. The van der Waals surface area contributed by atoms with E-state index in [1.165, 1.54) is 0 Å². The van der Waals surface area contributed by atoms with Crippen molar-refractivity contribution in [3.8, 4) is 0 Å². The van der Waals surface area contributed by atoms with Crippen molar-refractivity contribution in [2.75, 3.05) is 11.1 Å². The Hall–Kier alpha value is -1.51. The SMILES string of the molecule is CCCC(=O)Nc1c(C)cc(N)cc1CC. The van der Waals surface area contributed by atoms with Gasteiger partial charge in [0.05, 0.1) is 0 Å². The van der Waals surface area contributed by atoms with Crippen LogP contribution in [0.25, 0.3) is 0 Å². The number of nitrogens with one attached hydrogen (secondary N) is 1. The van der Waals surface area contributed by atoms with Crippen LogP contribution in [0.4, 0.5) is 11.4 Å². The summed E-state index contributed by atoms with van der Waals surface area (Å²) in [6.07, 6.45) is 2.29. The summed E-state index contributed by atoms with van der Waals surface area (Å²) in [4.78, 5) is 11.6. The molecule has 3 nitrogen and oxygen atoms in total. The van der Waals surface area contributed by atoms with Crippen molar-refractivity contribution in [1.82, 2.24) is 0 Å². The standard InChI is InChI=1S/C13H20N2O/c1-4-6-12(16)15-13-9(3)7-11(14)8-10(13)5-2/h7-8H,4-6,14H2,1-3H3,(H,15,16). The van der Waals surface area contributed by atoms with Gasteiger partial charge in [-0.15, -0.1) is 0 Å². The van der Waals surface area contributed by atoms with Crippen LogP contribution in [0.3, 0.4) is 0 Å². The van der Waals surface area contributed by atoms with Gasteiger partial charge in [0.2, 0.25) is 5.91 Å². The van der Waals surface area contributed by atoms with Crippen LogP contribution in [0.15, 0.2) is 12.1 Å². The maximum Gasteiger partial charge on any atom is 0.224 e. The van der Waals surface area contributed by atoms with Crippen LogP contribution < -0.4 is 11.1 Å². The van der Waals surface area contributed by atoms with E-state index in [0.29, 0.717) is 6.42 Å². The molecule has 16 heavy (non-hydrogen) atoms. The fraction of sp³-hybridized carbons (Fsp3) is 0.462. The van der Waals surface area contributed by atoms with Crippen molar-refractivity contribution >= 4 is 17.3 Å². The van der Waals surface area contributed by atoms with E-state index in [2.05, 4.69) is 12.2 Å². The lowest BCUT2D eigenvalue weighted by molar-refractivity contribution is -0.116. The van der Waals surface area contributed by atoms with Crippen molar-refractivity contribution in [3.05, 3.63) is 23.3 Å². The predicted molar refractivity (Wildman–Crippen MR) is 68.5 cm³/mol. The molecule has 0 bridgehead atoms. The molecule has 88 valence electrons. The number of hydrogen-bond donors (Lipinski definition) is 2. The molecule has 0 heterocycles. The van der Waals surface area contributed by atoms with Crippen molar-refractivity contribution < 1.29 is 4.79 Å². The first-order valence-electron chi connectivity index (χ1n) is 5.77. The second-order valence-corrected chi connectivity index (χ2v) is 4.02. The fourth-order valence-electron chi connectivity index (χ4n) is 1.78. The highest BCUT2D eigenvalue weighted by Crippen LogP contribution is 2.24. The summed E-state index contributed by atoms with van der Waals surface area (Å²) in [6, 6.07) is 3.81. The van der Waals surface area contributed by atoms with E-state index in [0.717, 1.165) is 35.3 Å². The Morgan fingerprint density at radius 1 is 1.38 bits per heavy atom. The van der Waals surface area contributed by atoms with Gasteiger partial charge < -0.3 is 11.1 Å². The molecule has 0 aromatic heterocycles. The van der Waals surface area contributed by atoms with Gasteiger partial charge >= 0.3 is 0 Å². The fourth-order valence-corrected chi connectivity index (χ4v) is 1.78. The Balaban J connectivity index is 2.98. The van der Waals surface area contributed by atoms with Crippen LogP contribution in [0.1, 0.15) is 37.8 Å². The molecule has 3 heteroatoms. The average Bonchev–Trinajstić information content (AvgIpc) is 2.22. The van der Waals surface area contributed by atoms with Crippen molar-refractivity contribution in [1.29, 1.82) is 0 Å². The summed E-state index contributed by atoms with van der Waals surface area (Å²) >= 11 is 0. The number of nitrogen functional groups attached to an aromatic ring is 1. The monoisotopic (exact) mass is 220 g/mol. The number of nitrogens with two attached hydrogens (primary N) is 1. The molecule has 0 saturated heterocycles. The Bertz CT molecular complexity index is 386. The van der Waals surface area contributed by atoms with Crippen LogP contribution in [-0.4, -0.2) is 5.91 Å². The highest BCUT2D eigenvalue weighted by molar-refractivity contribution is 5.92. The zero-order valence-corrected chi connectivity index (χ0v) is 10.3. The third-order valence-corrected chi connectivity index (χ3v) is 2.56. The first-order chi connectivity index (χ1) is 7.58. The number of hydrogen-bond acceptors (Lipinski definition) is 2. The maximum absolute atomic E-state index is 11.6. The minimum atomic E-state index is 0.0741. The van der Waals surface area contributed by atoms with E-state index in [4.69, 9.17) is 5.73 Å². The normalized spacial score (nSPS) is 10.2. The maximum atomic E-state index is 11.6. The second kappa shape index (κ2) is 5.54. The van der Waals surface area contributed by atoms with E-state index in [9.17, 15) is 4.79 Å². The first kappa shape index (κ1) is 12.6. The Morgan fingerprint density at radius 2 is 2.06 bits per heavy atom. The summed E-state index contributed by atoms with van der Waals surface area (Å²) in [5.74, 6) is 0.0741. The van der Waals surface area contributed by atoms with Gasteiger partial charge in [-0.2, -0.15) is 0 Å². The number of benzene rings is 1. The van der Waals surface area contributed by atoms with E-state index in [1.54, 1.807) is 0 Å². The third-order valence-electron chi connectivity index (χ3n) is 2.56. The molecule has 0 fully saturated rings. The summed E-state index contributed by atoms with van der Waals surface area (Å²) in [5.41, 5.74) is 9.59. The van der Waals surface area contributed by atoms with Crippen LogP contribution >= 0.6 is 0 Å². The van der Waals surface area contributed by atoms with E-state index in [-0.39, 0.29) is 5.91 Å². The molecule has 0 aliphatic heterocycles. The molecule has 1 aromatic carbocycles. The van der Waals surface area contributed by atoms with Gasteiger partial charge in [-0.25, -0.2) is 0 Å². The van der Waals surface area contributed by atoms with Crippen molar-refractivity contribution in [2.24, 2.45) is 0 Å². The molecule has 0 aliphatic rings. The van der Waals surface area contributed by atoms with Crippen LogP contribution in [0, 0.1) is 6.92 Å². The summed E-state index contributed by atoms with van der Waals surface area (Å²) in [5, 5.41) is 2.96. The molecule has 3 N–H and O–H groups in total. The molecule has 1 rings (SSSR count). The van der Waals surface area contributed by atoms with Crippen molar-refractivity contribution in [3.63, 3.8) is 0 Å². The summed E-state index contributed by atoms with van der Waals surface area (Å²) in [6.45, 7) is 6.02. The Morgan fingerprint density at radius 3 is 2.62 bits per heavy atom. The molecule has 0 radical (unpaired) electrons. The number of rotatable bonds is 4. The van der Waals surface area contributed by atoms with E-state index >= 15 is 0 Å². The van der Waals surface area contributed by atoms with Gasteiger partial charge in [-0.05, 0) is 43.0 Å². The molecule has 1 aromatic rings. The molecular formula is C13H20N2O.